The molecule has 1 aliphatic heterocycles. The summed E-state index contributed by atoms with van der Waals surface area (Å²) >= 11 is 1.45. The second kappa shape index (κ2) is 9.78. The fourth-order valence-electron chi connectivity index (χ4n) is 3.60. The van der Waals surface area contributed by atoms with Crippen molar-refractivity contribution in [3.05, 3.63) is 59.5 Å². The predicted molar refractivity (Wildman–Crippen MR) is 118 cm³/mol. The molecule has 8 heteroatoms. The van der Waals surface area contributed by atoms with Gasteiger partial charge in [-0.15, -0.1) is 11.3 Å². The second-order valence-electron chi connectivity index (χ2n) is 7.36. The number of piperidine rings is 1. The van der Waals surface area contributed by atoms with E-state index in [1.54, 1.807) is 22.6 Å². The highest BCUT2D eigenvalue weighted by molar-refractivity contribution is 7.13. The summed E-state index contributed by atoms with van der Waals surface area (Å²) in [7, 11) is 0. The maximum Gasteiger partial charge on any atom is 0.273 e. The third-order valence-corrected chi connectivity index (χ3v) is 6.20. The fourth-order valence-corrected chi connectivity index (χ4v) is 4.40. The van der Waals surface area contributed by atoms with E-state index in [1.807, 2.05) is 37.3 Å². The lowest BCUT2D eigenvalue weighted by Gasteiger charge is -2.30. The highest BCUT2D eigenvalue weighted by Gasteiger charge is 2.28. The van der Waals surface area contributed by atoms with Gasteiger partial charge in [0.15, 0.2) is 0 Å². The lowest BCUT2D eigenvalue weighted by atomic mass is 9.95. The van der Waals surface area contributed by atoms with Crippen molar-refractivity contribution in [2.24, 2.45) is 5.92 Å². The van der Waals surface area contributed by atoms with Gasteiger partial charge in [-0.3, -0.25) is 9.59 Å². The lowest BCUT2D eigenvalue weighted by molar-refractivity contribution is -0.126. The number of ether oxygens (including phenoxy) is 1. The summed E-state index contributed by atoms with van der Waals surface area (Å²) in [5.41, 5.74) is 1.41. The number of hydrogen-bond acceptors (Lipinski definition) is 6. The van der Waals surface area contributed by atoms with Gasteiger partial charge in [0.2, 0.25) is 5.91 Å². The van der Waals surface area contributed by atoms with Crippen molar-refractivity contribution in [2.75, 3.05) is 19.7 Å². The summed E-state index contributed by atoms with van der Waals surface area (Å²) < 4.78 is 10.7. The van der Waals surface area contributed by atoms with Crippen LogP contribution in [0.15, 0.2) is 52.5 Å². The summed E-state index contributed by atoms with van der Waals surface area (Å²) in [5.74, 6) is 1.38. The number of nitrogens with zero attached hydrogens (tertiary/aromatic N) is 2. The van der Waals surface area contributed by atoms with E-state index in [1.165, 1.54) is 11.3 Å². The minimum atomic E-state index is -0.0890. The third-order valence-electron chi connectivity index (χ3n) is 5.31. The summed E-state index contributed by atoms with van der Waals surface area (Å²) in [4.78, 5) is 31.6. The molecule has 1 fully saturated rings. The number of furan rings is 1. The van der Waals surface area contributed by atoms with E-state index in [-0.39, 0.29) is 17.7 Å². The van der Waals surface area contributed by atoms with Gasteiger partial charge >= 0.3 is 0 Å². The molecule has 0 aliphatic carbocycles. The highest BCUT2D eigenvalue weighted by atomic mass is 32.1. The molecule has 162 valence electrons. The number of aromatic nitrogens is 1. The Bertz CT molecular complexity index is 1010. The van der Waals surface area contributed by atoms with Crippen LogP contribution in [-0.4, -0.2) is 41.4 Å². The zero-order chi connectivity index (χ0) is 21.6. The van der Waals surface area contributed by atoms with Gasteiger partial charge in [0.25, 0.3) is 5.91 Å². The van der Waals surface area contributed by atoms with E-state index in [4.69, 9.17) is 9.15 Å². The number of nitrogens with one attached hydrogen (secondary N) is 1. The first kappa shape index (κ1) is 21.1. The van der Waals surface area contributed by atoms with Crippen molar-refractivity contribution in [1.29, 1.82) is 0 Å². The number of carbonyl (C=O) groups excluding carboxylic acids is 2. The van der Waals surface area contributed by atoms with E-state index in [0.717, 1.165) is 22.1 Å². The number of amides is 2. The van der Waals surface area contributed by atoms with Gasteiger partial charge in [-0.1, -0.05) is 0 Å². The fraction of sp³-hybridized carbons (Fsp3) is 0.348. The molecule has 1 aromatic carbocycles. The topological polar surface area (TPSA) is 84.7 Å². The largest absolute Gasteiger partial charge is 0.494 e. The third kappa shape index (κ3) is 5.14. The van der Waals surface area contributed by atoms with Gasteiger partial charge in [-0.25, -0.2) is 4.98 Å². The molecule has 0 radical (unpaired) electrons. The molecular formula is C23H25N3O4S. The molecule has 1 N–H and O–H groups in total. The number of thiazole rings is 1. The Hall–Kier alpha value is -3.13. The smallest absolute Gasteiger partial charge is 0.273 e. The van der Waals surface area contributed by atoms with Crippen LogP contribution < -0.4 is 10.1 Å². The number of carbonyl (C=O) groups is 2. The zero-order valence-corrected chi connectivity index (χ0v) is 18.2. The summed E-state index contributed by atoms with van der Waals surface area (Å²) in [6, 6.07) is 11.3. The lowest BCUT2D eigenvalue weighted by Crippen LogP contribution is -2.43. The van der Waals surface area contributed by atoms with Gasteiger partial charge in [-0.05, 0) is 56.2 Å². The molecule has 0 saturated carbocycles. The maximum absolute atomic E-state index is 12.9. The molecule has 31 heavy (non-hydrogen) atoms. The van der Waals surface area contributed by atoms with Crippen molar-refractivity contribution >= 4 is 23.2 Å². The van der Waals surface area contributed by atoms with Crippen LogP contribution in [0.2, 0.25) is 0 Å². The monoisotopic (exact) mass is 439 g/mol. The molecule has 1 saturated heterocycles. The molecule has 3 heterocycles. The Balaban J connectivity index is 1.30. The van der Waals surface area contributed by atoms with E-state index >= 15 is 0 Å². The molecule has 4 rings (SSSR count). The van der Waals surface area contributed by atoms with Crippen LogP contribution in [0.1, 0.15) is 36.0 Å². The number of rotatable bonds is 7. The first-order chi connectivity index (χ1) is 15.1. The summed E-state index contributed by atoms with van der Waals surface area (Å²) in [5, 5.41) is 5.51. The number of hydrogen-bond donors (Lipinski definition) is 1. The molecular weight excluding hydrogens is 414 g/mol. The summed E-state index contributed by atoms with van der Waals surface area (Å²) in [6.45, 7) is 4.06. The average Bonchev–Trinajstić information content (AvgIpc) is 3.50. The van der Waals surface area contributed by atoms with E-state index in [0.29, 0.717) is 44.8 Å². The highest BCUT2D eigenvalue weighted by Crippen LogP contribution is 2.27. The van der Waals surface area contributed by atoms with Gasteiger partial charge in [-0.2, -0.15) is 0 Å². The van der Waals surface area contributed by atoms with E-state index in [9.17, 15) is 9.59 Å². The molecule has 0 atom stereocenters. The van der Waals surface area contributed by atoms with Gasteiger partial charge in [0.05, 0.1) is 19.4 Å². The Morgan fingerprint density at radius 1 is 1.23 bits per heavy atom. The normalized spacial score (nSPS) is 14.4. The van der Waals surface area contributed by atoms with Crippen molar-refractivity contribution in [2.45, 2.75) is 26.3 Å². The molecule has 0 bridgehead atoms. The van der Waals surface area contributed by atoms with Crippen LogP contribution in [0.5, 0.6) is 5.75 Å². The number of benzene rings is 1. The quantitative estimate of drug-likeness (QED) is 0.602. The molecule has 7 nitrogen and oxygen atoms in total. The van der Waals surface area contributed by atoms with Crippen LogP contribution in [0.25, 0.3) is 10.6 Å². The second-order valence-corrected chi connectivity index (χ2v) is 8.22. The van der Waals surface area contributed by atoms with Crippen LogP contribution in [-0.2, 0) is 11.3 Å². The Labute approximate surface area is 185 Å². The Morgan fingerprint density at radius 2 is 2.00 bits per heavy atom. The van der Waals surface area contributed by atoms with E-state index in [2.05, 4.69) is 10.3 Å². The van der Waals surface area contributed by atoms with Crippen molar-refractivity contribution < 1.29 is 18.7 Å². The Morgan fingerprint density at radius 3 is 2.68 bits per heavy atom. The van der Waals surface area contributed by atoms with Crippen molar-refractivity contribution in [3.8, 4) is 16.3 Å². The van der Waals surface area contributed by atoms with Crippen molar-refractivity contribution in [3.63, 3.8) is 0 Å². The van der Waals surface area contributed by atoms with Crippen LogP contribution in [0, 0.1) is 5.92 Å². The minimum Gasteiger partial charge on any atom is -0.494 e. The van der Waals surface area contributed by atoms with E-state index < -0.39 is 0 Å². The number of likely N-dealkylation sites (tertiary alicyclic amines) is 1. The maximum atomic E-state index is 12.9. The SMILES string of the molecule is CCOc1ccc(-c2nc(C(=O)N3CCC(C(=O)NCc4ccco4)CC3)cs2)cc1. The first-order valence-corrected chi connectivity index (χ1v) is 11.3. The Kier molecular flexibility index (Phi) is 6.66. The molecule has 1 aliphatic rings. The molecule has 2 amide bonds. The average molecular weight is 440 g/mol. The van der Waals surface area contributed by atoms with Crippen LogP contribution in [0.4, 0.5) is 0 Å². The standard InChI is InChI=1S/C23H25N3O4S/c1-2-29-18-7-5-17(6-8-18)22-25-20(15-31-22)23(28)26-11-9-16(10-12-26)21(27)24-14-19-4-3-13-30-19/h3-8,13,15-16H,2,9-12,14H2,1H3,(H,24,27). The van der Waals surface area contributed by atoms with Gasteiger partial charge in [0, 0.05) is 30.0 Å². The van der Waals surface area contributed by atoms with Gasteiger partial charge in [0.1, 0.15) is 22.2 Å². The summed E-state index contributed by atoms with van der Waals surface area (Å²) in [6.07, 6.45) is 2.88. The van der Waals surface area contributed by atoms with Crippen molar-refractivity contribution in [1.82, 2.24) is 15.2 Å². The molecule has 0 spiro atoms. The predicted octanol–water partition coefficient (Wildman–Crippen LogP) is 3.97. The molecule has 3 aromatic rings. The van der Waals surface area contributed by atoms with Crippen LogP contribution in [0.3, 0.4) is 0 Å². The first-order valence-electron chi connectivity index (χ1n) is 10.4. The van der Waals surface area contributed by atoms with Gasteiger partial charge < -0.3 is 19.4 Å². The molecule has 2 aromatic heterocycles. The molecule has 0 unspecified atom stereocenters. The minimum absolute atomic E-state index is 0.00921. The zero-order valence-electron chi connectivity index (χ0n) is 17.4. The van der Waals surface area contributed by atoms with Crippen LogP contribution >= 0.6 is 11.3 Å².